The number of nitrogens with zero attached hydrogens (tertiary/aromatic N) is 2. The zero-order chi connectivity index (χ0) is 19.6. The molecule has 27 heavy (non-hydrogen) atoms. The van der Waals surface area contributed by atoms with Gasteiger partial charge in [-0.25, -0.2) is 9.48 Å². The zero-order valence-electron chi connectivity index (χ0n) is 15.8. The Labute approximate surface area is 157 Å². The molecular weight excluding hydrogens is 344 g/mol. The molecule has 3 aromatic rings. The first-order valence-corrected chi connectivity index (χ1v) is 8.58. The van der Waals surface area contributed by atoms with Crippen molar-refractivity contribution < 1.29 is 14.3 Å². The van der Waals surface area contributed by atoms with E-state index in [1.165, 1.54) is 7.11 Å². The second kappa shape index (κ2) is 7.49. The van der Waals surface area contributed by atoms with E-state index in [1.54, 1.807) is 18.5 Å². The lowest BCUT2D eigenvalue weighted by Crippen LogP contribution is -2.17. The van der Waals surface area contributed by atoms with E-state index < -0.39 is 5.97 Å². The molecule has 0 unspecified atom stereocenters. The zero-order valence-corrected chi connectivity index (χ0v) is 15.8. The molecule has 0 aliphatic heterocycles. The van der Waals surface area contributed by atoms with Gasteiger partial charge in [-0.15, -0.1) is 0 Å². The minimum absolute atomic E-state index is 0.331. The number of aryl methyl sites for hydroxylation is 2. The van der Waals surface area contributed by atoms with Crippen molar-refractivity contribution in [3.63, 3.8) is 0 Å². The van der Waals surface area contributed by atoms with Crippen LogP contribution in [-0.2, 0) is 11.3 Å². The summed E-state index contributed by atoms with van der Waals surface area (Å²) in [4.78, 5) is 27.7. The molecule has 1 aromatic carbocycles. The summed E-state index contributed by atoms with van der Waals surface area (Å²) in [6.07, 6.45) is 0. The molecule has 0 atom stereocenters. The molecule has 0 saturated heterocycles. The van der Waals surface area contributed by atoms with Crippen LogP contribution in [0.4, 0.5) is 5.82 Å². The number of hydrogen-bond acceptors (Lipinski definition) is 4. The number of esters is 1. The fraction of sp³-hybridized carbons (Fsp3) is 0.250. The minimum Gasteiger partial charge on any atom is -0.465 e. The number of carbonyl (C=O) groups is 2. The number of ether oxygens (including phenoxy) is 1. The van der Waals surface area contributed by atoms with Gasteiger partial charge >= 0.3 is 5.97 Å². The Morgan fingerprint density at radius 1 is 1.19 bits per heavy atom. The van der Waals surface area contributed by atoms with Gasteiger partial charge in [-0.3, -0.25) is 4.79 Å². The maximum absolute atomic E-state index is 12.8. The molecule has 7 nitrogen and oxygen atoms in total. The van der Waals surface area contributed by atoms with Crippen LogP contribution in [0.3, 0.4) is 0 Å². The molecule has 1 amide bonds. The Balaban J connectivity index is 1.86. The van der Waals surface area contributed by atoms with Crippen molar-refractivity contribution in [3.8, 4) is 0 Å². The smallest absolute Gasteiger partial charge is 0.339 e. The normalized spacial score (nSPS) is 10.7. The summed E-state index contributed by atoms with van der Waals surface area (Å²) in [5, 5.41) is 7.34. The van der Waals surface area contributed by atoms with Crippen LogP contribution in [0.25, 0.3) is 0 Å². The van der Waals surface area contributed by atoms with Crippen molar-refractivity contribution in [2.45, 2.75) is 27.3 Å². The second-order valence-corrected chi connectivity index (χ2v) is 6.38. The molecule has 3 rings (SSSR count). The number of anilines is 1. The summed E-state index contributed by atoms with van der Waals surface area (Å²) < 4.78 is 6.54. The van der Waals surface area contributed by atoms with Crippen molar-refractivity contribution in [3.05, 3.63) is 70.2 Å². The molecule has 2 aromatic heterocycles. The maximum Gasteiger partial charge on any atom is 0.339 e. The van der Waals surface area contributed by atoms with Crippen molar-refractivity contribution in [2.24, 2.45) is 0 Å². The number of carbonyl (C=O) groups excluding carboxylic acids is 2. The van der Waals surface area contributed by atoms with Crippen LogP contribution in [0.15, 0.2) is 36.4 Å². The third kappa shape index (κ3) is 3.76. The van der Waals surface area contributed by atoms with E-state index in [9.17, 15) is 9.59 Å². The fourth-order valence-electron chi connectivity index (χ4n) is 3.09. The molecule has 7 heteroatoms. The van der Waals surface area contributed by atoms with Crippen LogP contribution in [-0.4, -0.2) is 33.8 Å². The highest BCUT2D eigenvalue weighted by Crippen LogP contribution is 2.21. The van der Waals surface area contributed by atoms with Gasteiger partial charge in [0.25, 0.3) is 5.91 Å². The molecule has 0 bridgehead atoms. The van der Waals surface area contributed by atoms with Crippen LogP contribution in [0, 0.1) is 20.8 Å². The number of nitrogens with one attached hydrogen (secondary N) is 2. The van der Waals surface area contributed by atoms with Crippen LogP contribution < -0.4 is 5.32 Å². The van der Waals surface area contributed by atoms with E-state index >= 15 is 0 Å². The number of H-pyrrole nitrogens is 1. The van der Waals surface area contributed by atoms with Crippen molar-refractivity contribution in [1.29, 1.82) is 0 Å². The Kier molecular flexibility index (Phi) is 5.12. The van der Waals surface area contributed by atoms with E-state index in [0.29, 0.717) is 34.9 Å². The molecule has 0 spiro atoms. The summed E-state index contributed by atoms with van der Waals surface area (Å²) in [7, 11) is 1.32. The number of amides is 1. The second-order valence-electron chi connectivity index (χ2n) is 6.38. The molecule has 140 valence electrons. The largest absolute Gasteiger partial charge is 0.465 e. The van der Waals surface area contributed by atoms with Crippen LogP contribution in [0.2, 0.25) is 0 Å². The van der Waals surface area contributed by atoms with Gasteiger partial charge in [-0.1, -0.05) is 30.3 Å². The van der Waals surface area contributed by atoms with E-state index in [2.05, 4.69) is 15.4 Å². The van der Waals surface area contributed by atoms with Gasteiger partial charge in [-0.2, -0.15) is 5.10 Å². The monoisotopic (exact) mass is 366 g/mol. The van der Waals surface area contributed by atoms with Gasteiger partial charge in [0, 0.05) is 11.8 Å². The molecule has 2 N–H and O–H groups in total. The summed E-state index contributed by atoms with van der Waals surface area (Å²) in [6, 6.07) is 11.7. The van der Waals surface area contributed by atoms with Crippen LogP contribution in [0.1, 0.15) is 43.4 Å². The highest BCUT2D eigenvalue weighted by molar-refractivity contribution is 6.06. The van der Waals surface area contributed by atoms with Gasteiger partial charge in [0.05, 0.1) is 24.9 Å². The lowest BCUT2D eigenvalue weighted by atomic mass is 10.1. The van der Waals surface area contributed by atoms with Crippen LogP contribution in [0.5, 0.6) is 0 Å². The molecule has 2 heterocycles. The van der Waals surface area contributed by atoms with Gasteiger partial charge < -0.3 is 15.0 Å². The Morgan fingerprint density at radius 3 is 2.56 bits per heavy atom. The predicted molar refractivity (Wildman–Crippen MR) is 102 cm³/mol. The van der Waals surface area contributed by atoms with Crippen LogP contribution >= 0.6 is 0 Å². The van der Waals surface area contributed by atoms with E-state index in [1.807, 2.05) is 43.3 Å². The highest BCUT2D eigenvalue weighted by Gasteiger charge is 2.23. The van der Waals surface area contributed by atoms with Gasteiger partial charge in [0.2, 0.25) is 0 Å². The van der Waals surface area contributed by atoms with Gasteiger partial charge in [0.15, 0.2) is 0 Å². The first kappa shape index (κ1) is 18.4. The summed E-state index contributed by atoms with van der Waals surface area (Å²) in [5.41, 5.74) is 3.75. The van der Waals surface area contributed by atoms with Gasteiger partial charge in [-0.05, 0) is 31.9 Å². The maximum atomic E-state index is 12.8. The van der Waals surface area contributed by atoms with E-state index in [0.717, 1.165) is 11.3 Å². The summed E-state index contributed by atoms with van der Waals surface area (Å²) in [6.45, 7) is 5.87. The predicted octanol–water partition coefficient (Wildman–Crippen LogP) is 3.22. The number of methoxy groups -OCH3 is 1. The lowest BCUT2D eigenvalue weighted by Gasteiger charge is -2.09. The first-order valence-electron chi connectivity index (χ1n) is 8.58. The molecule has 0 fully saturated rings. The number of aromatic nitrogens is 3. The molecule has 0 aliphatic carbocycles. The Bertz CT molecular complexity index is 986. The molecular formula is C20H22N4O3. The molecule has 0 saturated carbocycles. The lowest BCUT2D eigenvalue weighted by molar-refractivity contribution is 0.0599. The third-order valence-corrected chi connectivity index (χ3v) is 4.37. The number of hydrogen-bond donors (Lipinski definition) is 2. The Morgan fingerprint density at radius 2 is 1.89 bits per heavy atom. The topological polar surface area (TPSA) is 89.0 Å². The SMILES string of the molecule is COC(=O)c1c(C)[nH]c(C(=O)Nc2cc(C)nn2Cc2ccccc2)c1C. The third-order valence-electron chi connectivity index (χ3n) is 4.37. The number of rotatable bonds is 5. The van der Waals surface area contributed by atoms with Crippen molar-refractivity contribution in [1.82, 2.24) is 14.8 Å². The molecule has 0 aliphatic rings. The standard InChI is InChI=1S/C20H22N4O3/c1-12-10-16(24(23-12)11-15-8-6-5-7-9-15)22-19(25)18-13(2)17(14(3)21-18)20(26)27-4/h5-10,21H,11H2,1-4H3,(H,22,25). The Hall–Kier alpha value is -3.35. The van der Waals surface area contributed by atoms with Gasteiger partial charge in [0.1, 0.15) is 11.5 Å². The fourth-order valence-corrected chi connectivity index (χ4v) is 3.09. The minimum atomic E-state index is -0.467. The highest BCUT2D eigenvalue weighted by atomic mass is 16.5. The van der Waals surface area contributed by atoms with Crippen molar-refractivity contribution in [2.75, 3.05) is 12.4 Å². The average Bonchev–Trinajstić information content (AvgIpc) is 3.13. The first-order chi connectivity index (χ1) is 12.9. The van der Waals surface area contributed by atoms with E-state index in [-0.39, 0.29) is 5.91 Å². The quantitative estimate of drug-likeness (QED) is 0.679. The van der Waals surface area contributed by atoms with Crippen molar-refractivity contribution >= 4 is 17.7 Å². The average molecular weight is 366 g/mol. The number of benzene rings is 1. The van der Waals surface area contributed by atoms with E-state index in [4.69, 9.17) is 4.74 Å². The number of aromatic amines is 1. The summed E-state index contributed by atoms with van der Waals surface area (Å²) in [5.74, 6) is -0.210. The molecule has 0 radical (unpaired) electrons. The summed E-state index contributed by atoms with van der Waals surface area (Å²) >= 11 is 0.